The van der Waals surface area contributed by atoms with Gasteiger partial charge in [0.25, 0.3) is 0 Å². The second-order valence-corrected chi connectivity index (χ2v) is 37.0. The number of ether oxygens (including phenoxy) is 7. The minimum atomic E-state index is -4.67. The van der Waals surface area contributed by atoms with Gasteiger partial charge in [-0.15, -0.1) is 0 Å². The molecule has 5 spiro atoms. The Balaban J connectivity index is 0.0000000904. The van der Waals surface area contributed by atoms with Crippen LogP contribution in [0.4, 0.5) is 0 Å². The van der Waals surface area contributed by atoms with Crippen molar-refractivity contribution in [3.05, 3.63) is 141 Å². The number of carbonyl (C=O) groups excluding carboxylic acids is 3. The van der Waals surface area contributed by atoms with Gasteiger partial charge in [-0.25, -0.2) is 0 Å². The highest BCUT2D eigenvalue weighted by Crippen LogP contribution is 2.69. The predicted molar refractivity (Wildman–Crippen MR) is 411 cm³/mol. The van der Waals surface area contributed by atoms with Crippen LogP contribution in [-0.2, 0) is 84.0 Å². The van der Waals surface area contributed by atoms with E-state index in [0.29, 0.717) is 102 Å². The summed E-state index contributed by atoms with van der Waals surface area (Å²) in [6.45, 7) is 4.94. The average Bonchev–Trinajstić information content (AvgIpc) is 1.57. The van der Waals surface area contributed by atoms with Crippen molar-refractivity contribution in [1.29, 1.82) is 0 Å². The number of hydrogen-bond acceptors (Lipinski definition) is 23. The number of ketones is 3. The number of hydrogen-bond donors (Lipinski definition) is 8. The van der Waals surface area contributed by atoms with E-state index in [4.69, 9.17) is 50.7 Å². The number of carbonyl (C=O) groups is 3. The van der Waals surface area contributed by atoms with Gasteiger partial charge < -0.3 is 88.3 Å². The molecule has 113 heavy (non-hydrogen) atoms. The molecule has 10 bridgehead atoms. The van der Waals surface area contributed by atoms with Gasteiger partial charge in [0.15, 0.2) is 93.2 Å². The lowest BCUT2D eigenvalue weighted by Crippen LogP contribution is -2.76. The smallest absolute Gasteiger partial charge is 0.394 e. The van der Waals surface area contributed by atoms with Crippen molar-refractivity contribution >= 4 is 27.7 Å². The molecule has 25 nitrogen and oxygen atoms in total. The molecule has 20 aliphatic rings. The summed E-state index contributed by atoms with van der Waals surface area (Å²) in [5, 5.41) is 63.2. The van der Waals surface area contributed by atoms with Crippen molar-refractivity contribution in [2.45, 2.75) is 208 Å². The van der Waals surface area contributed by atoms with Gasteiger partial charge in [0, 0.05) is 111 Å². The van der Waals surface area contributed by atoms with Crippen molar-refractivity contribution in [2.24, 2.45) is 23.7 Å². The number of phenols is 3. The van der Waals surface area contributed by atoms with Gasteiger partial charge in [0.2, 0.25) is 0 Å². The van der Waals surface area contributed by atoms with Crippen molar-refractivity contribution in [3.8, 4) is 57.5 Å². The number of likely N-dealkylation sites (tertiary alicyclic amines) is 5. The number of aliphatic hydroxyl groups excluding tert-OH is 2. The Kier molecular flexibility index (Phi) is 16.7. The van der Waals surface area contributed by atoms with Crippen LogP contribution >= 0.6 is 0 Å². The lowest BCUT2D eigenvalue weighted by Gasteiger charge is -2.62. The third-order valence-electron chi connectivity index (χ3n) is 32.0. The molecule has 22 atom stereocenters. The van der Waals surface area contributed by atoms with Gasteiger partial charge in [-0.05, 0) is 221 Å². The summed E-state index contributed by atoms with van der Waals surface area (Å²) in [6, 6.07) is 21.5. The maximum absolute atomic E-state index is 12.7. The zero-order valence-corrected chi connectivity index (χ0v) is 65.6. The van der Waals surface area contributed by atoms with Crippen LogP contribution in [-0.4, -0.2) is 251 Å². The zero-order chi connectivity index (χ0) is 78.6. The van der Waals surface area contributed by atoms with Gasteiger partial charge in [0.1, 0.15) is 24.4 Å². The lowest BCUT2D eigenvalue weighted by molar-refractivity contribution is -0.185. The number of Topliss-reactive ketones (excluding diaryl/α,β-unsaturated/α-hetero) is 3. The Hall–Kier alpha value is -7.86. The van der Waals surface area contributed by atoms with E-state index in [2.05, 4.69) is 84.0 Å². The molecule has 8 fully saturated rings. The maximum Gasteiger partial charge on any atom is 0.394 e. The molecule has 10 aliphatic heterocycles. The molecule has 0 aromatic heterocycles. The second-order valence-electron chi connectivity index (χ2n) is 36.1. The van der Waals surface area contributed by atoms with Crippen LogP contribution < -0.4 is 33.2 Å². The summed E-state index contributed by atoms with van der Waals surface area (Å²) >= 11 is 0. The molecule has 5 saturated heterocycles. The summed E-state index contributed by atoms with van der Waals surface area (Å²) in [4.78, 5) is 49.8. The molecule has 600 valence electrons. The van der Waals surface area contributed by atoms with E-state index in [1.807, 2.05) is 42.5 Å². The fourth-order valence-electron chi connectivity index (χ4n) is 27.4. The molecular formula is C87H101N5O20S. The van der Waals surface area contributed by atoms with Gasteiger partial charge in [-0.3, -0.25) is 23.5 Å². The van der Waals surface area contributed by atoms with Crippen molar-refractivity contribution in [3.63, 3.8) is 0 Å². The maximum atomic E-state index is 12.7. The van der Waals surface area contributed by atoms with Gasteiger partial charge in [0.05, 0.1) is 25.2 Å². The van der Waals surface area contributed by atoms with Crippen LogP contribution in [0.3, 0.4) is 0 Å². The summed E-state index contributed by atoms with van der Waals surface area (Å²) in [7, 11) is 9.52. The highest BCUT2D eigenvalue weighted by Gasteiger charge is 2.74. The fraction of sp³-hybridized carbons (Fsp3) is 0.575. The molecule has 3 saturated carbocycles. The SMILES string of the molecule is CN1CC[C@]23c4c5ccc(O)c4O[C@H]2C(=O)CC[C@H]3[C@H]1C5.CN1CC[C@]23c4c5ccc(O)c4O[C@H]2[C@@H](O)C=C[C@H]3[C@H]1C5.CN1CC[C@]23c4c5ccc(O)c4O[C@H]2[C@@H](O)C=C[C@H]3[C@H]1C5.COc1ccc2c3c1O[C@H]1C(=O)CC[C@@]4(O)[C@@H](C2)N(C)CC[C@]314.COc1ccc2c3c1O[C@H]1C(=O)CC[C@H]4[C@@H](C2)N(C)CC[C@]314.O=S(=O)(O)O. The molecule has 0 unspecified atom stereocenters. The first-order valence-corrected chi connectivity index (χ1v) is 42.0. The average molecular weight is 1570 g/mol. The first-order chi connectivity index (χ1) is 54.1. The monoisotopic (exact) mass is 1570 g/mol. The van der Waals surface area contributed by atoms with Crippen molar-refractivity contribution < 1.29 is 95.7 Å². The van der Waals surface area contributed by atoms with Crippen LogP contribution in [0, 0.1) is 23.7 Å². The normalized spacial score (nSPS) is 39.5. The molecule has 26 heteroatoms. The van der Waals surface area contributed by atoms with Gasteiger partial charge >= 0.3 is 10.4 Å². The van der Waals surface area contributed by atoms with Gasteiger partial charge in [-0.2, -0.15) is 8.42 Å². The summed E-state index contributed by atoms with van der Waals surface area (Å²) in [5.74, 6) is 7.80. The van der Waals surface area contributed by atoms with Crippen LogP contribution in [0.5, 0.6) is 57.5 Å². The molecule has 0 radical (unpaired) electrons. The highest BCUT2D eigenvalue weighted by molar-refractivity contribution is 7.79. The second kappa shape index (κ2) is 25.6. The van der Waals surface area contributed by atoms with Crippen LogP contribution in [0.2, 0.25) is 0 Å². The Morgan fingerprint density at radius 2 is 0.770 bits per heavy atom. The molecule has 25 rings (SSSR count). The van der Waals surface area contributed by atoms with E-state index in [1.165, 1.54) is 44.5 Å². The van der Waals surface area contributed by atoms with Crippen LogP contribution in [0.1, 0.15) is 126 Å². The zero-order valence-electron chi connectivity index (χ0n) is 64.8. The number of rotatable bonds is 2. The molecule has 0 amide bonds. The Morgan fingerprint density at radius 1 is 0.416 bits per heavy atom. The van der Waals surface area contributed by atoms with Crippen molar-refractivity contribution in [2.75, 3.05) is 82.2 Å². The van der Waals surface area contributed by atoms with E-state index in [0.717, 1.165) is 132 Å². The lowest BCUT2D eigenvalue weighted by atomic mass is 9.49. The minimum absolute atomic E-state index is 0.0438. The van der Waals surface area contributed by atoms with E-state index in [-0.39, 0.29) is 86.7 Å². The van der Waals surface area contributed by atoms with Crippen molar-refractivity contribution in [1.82, 2.24) is 24.5 Å². The summed E-state index contributed by atoms with van der Waals surface area (Å²) in [5.41, 5.74) is 10.2. The number of benzene rings is 5. The molecule has 5 aromatic rings. The molecule has 10 heterocycles. The summed E-state index contributed by atoms with van der Waals surface area (Å²) in [6.07, 6.45) is 18.9. The number of aromatic hydroxyl groups is 3. The number of piperidine rings is 5. The van der Waals surface area contributed by atoms with E-state index in [1.54, 1.807) is 32.4 Å². The van der Waals surface area contributed by atoms with Crippen LogP contribution in [0.15, 0.2) is 85.0 Å². The number of methoxy groups -OCH3 is 2. The number of likely N-dealkylation sites (N-methyl/N-ethyl adjacent to an activating group) is 5. The predicted octanol–water partition coefficient (Wildman–Crippen LogP) is 6.36. The number of aliphatic hydroxyl groups is 3. The topological polar surface area (TPSA) is 328 Å². The molecule has 10 aliphatic carbocycles. The van der Waals surface area contributed by atoms with E-state index >= 15 is 0 Å². The number of phenolic OH excluding ortho intramolecular Hbond substituents is 3. The first-order valence-electron chi connectivity index (χ1n) is 40.6. The first kappa shape index (κ1) is 74.0. The molecule has 8 N–H and O–H groups in total. The van der Waals surface area contributed by atoms with E-state index < -0.39 is 39.7 Å². The Labute approximate surface area is 656 Å². The molecule has 5 aromatic carbocycles. The van der Waals surface area contributed by atoms with E-state index in [9.17, 15) is 45.0 Å². The third-order valence-corrected chi connectivity index (χ3v) is 32.0. The molecular weight excluding hydrogens is 1470 g/mol. The van der Waals surface area contributed by atoms with Crippen LogP contribution in [0.25, 0.3) is 0 Å². The Morgan fingerprint density at radius 3 is 1.23 bits per heavy atom. The fourth-order valence-corrected chi connectivity index (χ4v) is 27.4. The third kappa shape index (κ3) is 9.85. The quantitative estimate of drug-likeness (QED) is 0.0704. The summed E-state index contributed by atoms with van der Waals surface area (Å²) < 4.78 is 73.2. The van der Waals surface area contributed by atoms with Gasteiger partial charge in [-0.1, -0.05) is 54.6 Å². The minimum Gasteiger partial charge on any atom is -0.504 e. The standard InChI is InChI=1S/C18H21NO4.C18H21NO3.3C17H19NO3.H2O4S/c1-19-8-7-17-14-10-3-4-12(22-2)15(14)23-16(17)11(20)5-6-18(17,21)13(19)9-10;1-19-8-7-18-11-4-5-13(20)17(18)22-16-14(21-2)6-3-10(15(16)18)9-12(11)19;3*1-18-7-6-17-10-3-5-13(20)16(17)21-15-12(19)4-2-9(14(15)17)8-11(10)18;1-5(2,3)4/h3-4,13,16,21H,5-9H2,1-2H3;3,6,11-12,17H,4-5,7-9H2,1-2H3;2,4,10-11,16,19H,3,5-8H2,1H3;2*2-5,10-11,13,16,19-20H,6-8H2,1H3;(H2,1,2,3,4)/t13-,16+,17+,18-;11-,12+,17-,18-;10-,11+,16-,17-;2*10-,11+,13-,16-,17-;/m10000./s1. The highest BCUT2D eigenvalue weighted by atomic mass is 32.3. The Bertz CT molecular complexity index is 4930. The number of nitrogens with zero attached hydrogens (tertiary/aromatic N) is 5. The largest absolute Gasteiger partial charge is 0.504 e.